The predicted octanol–water partition coefficient (Wildman–Crippen LogP) is 2.06. The van der Waals surface area contributed by atoms with Crippen molar-refractivity contribution in [2.75, 3.05) is 6.54 Å². The van der Waals surface area contributed by atoms with Gasteiger partial charge in [0.15, 0.2) is 4.69 Å². The number of carbonyl (C=O) groups is 1. The second-order valence-electron chi connectivity index (χ2n) is 1.97. The minimum atomic E-state index is -0.0208. The Hall–Kier alpha value is 0.110. The summed E-state index contributed by atoms with van der Waals surface area (Å²) in [6, 6.07) is 0. The van der Waals surface area contributed by atoms with Crippen molar-refractivity contribution >= 4 is 20.6 Å². The molecule has 0 radical (unpaired) electrons. The molecule has 0 atom stereocenters. The maximum Gasteiger partial charge on any atom is 0.194 e. The number of hydrogen-bond acceptors (Lipinski definition) is 2. The zero-order valence-corrected chi connectivity index (χ0v) is 8.28. The first-order valence-electron chi connectivity index (χ1n) is 3.51. The summed E-state index contributed by atoms with van der Waals surface area (Å²) >= 11 is 2.63. The van der Waals surface area contributed by atoms with Gasteiger partial charge in [0, 0.05) is 6.92 Å². The summed E-state index contributed by atoms with van der Waals surface area (Å²) in [5, 5.41) is 0. The van der Waals surface area contributed by atoms with E-state index in [1.54, 1.807) is 0 Å². The highest BCUT2D eigenvalue weighted by Gasteiger charge is 1.75. The lowest BCUT2D eigenvalue weighted by Crippen LogP contribution is -1.96. The fraction of sp³-hybridized carbons (Fsp3) is 0.857. The molecule has 0 aromatic rings. The molecule has 0 heterocycles. The van der Waals surface area contributed by atoms with Crippen LogP contribution in [0.4, 0.5) is 0 Å². The summed E-state index contributed by atoms with van der Waals surface area (Å²) in [6.45, 7) is 4.48. The van der Waals surface area contributed by atoms with Gasteiger partial charge in [0.25, 0.3) is 0 Å². The predicted molar refractivity (Wildman–Crippen MR) is 48.2 cm³/mol. The summed E-state index contributed by atoms with van der Waals surface area (Å²) in [6.07, 6.45) is 3.75. The van der Waals surface area contributed by atoms with Gasteiger partial charge in [-0.3, -0.25) is 4.79 Å². The smallest absolute Gasteiger partial charge is 0.194 e. The van der Waals surface area contributed by atoms with Gasteiger partial charge in [-0.05, 0) is 28.9 Å². The number of nitrogens with two attached hydrogens (primary N) is 1. The van der Waals surface area contributed by atoms with Crippen LogP contribution in [0.5, 0.6) is 0 Å². The van der Waals surface area contributed by atoms with Crippen molar-refractivity contribution in [3.8, 4) is 0 Å². The Balaban J connectivity index is 0. The minimum absolute atomic E-state index is 0.0208. The van der Waals surface area contributed by atoms with Crippen molar-refractivity contribution in [2.24, 2.45) is 5.73 Å². The lowest BCUT2D eigenvalue weighted by atomic mass is 10.3. The van der Waals surface area contributed by atoms with Crippen molar-refractivity contribution in [3.05, 3.63) is 0 Å². The largest absolute Gasteiger partial charge is 0.330 e. The van der Waals surface area contributed by atoms with E-state index in [0.29, 0.717) is 0 Å². The average molecular weight is 210 g/mol. The summed E-state index contributed by atoms with van der Waals surface area (Å²) in [4.78, 5) is 9.36. The van der Waals surface area contributed by atoms with E-state index >= 15 is 0 Å². The molecule has 0 rings (SSSR count). The third-order valence-corrected chi connectivity index (χ3v) is 0.808. The van der Waals surface area contributed by atoms with Crippen LogP contribution >= 0.6 is 15.9 Å². The Morgan fingerprint density at radius 3 is 2.00 bits per heavy atom. The first kappa shape index (κ1) is 12.8. The van der Waals surface area contributed by atoms with Crippen LogP contribution in [0.3, 0.4) is 0 Å². The molecule has 2 nitrogen and oxygen atoms in total. The maximum atomic E-state index is 9.36. The Morgan fingerprint density at radius 2 is 1.90 bits per heavy atom. The Kier molecular flexibility index (Phi) is 15.1. The molecule has 0 saturated heterocycles. The molecule has 0 bridgehead atoms. The molecule has 0 saturated carbocycles. The zero-order chi connectivity index (χ0) is 8.41. The first-order chi connectivity index (χ1) is 4.65. The van der Waals surface area contributed by atoms with Gasteiger partial charge < -0.3 is 5.73 Å². The van der Waals surface area contributed by atoms with Crippen molar-refractivity contribution in [2.45, 2.75) is 33.1 Å². The van der Waals surface area contributed by atoms with Gasteiger partial charge in [0.2, 0.25) is 0 Å². The van der Waals surface area contributed by atoms with Crippen molar-refractivity contribution in [1.29, 1.82) is 0 Å². The van der Waals surface area contributed by atoms with Crippen LogP contribution in [0.25, 0.3) is 0 Å². The van der Waals surface area contributed by atoms with E-state index in [1.165, 1.54) is 26.2 Å². The van der Waals surface area contributed by atoms with E-state index in [0.717, 1.165) is 6.54 Å². The van der Waals surface area contributed by atoms with Crippen LogP contribution in [0, 0.1) is 0 Å². The zero-order valence-electron chi connectivity index (χ0n) is 6.69. The summed E-state index contributed by atoms with van der Waals surface area (Å²) < 4.78 is -0.0208. The molecular formula is C7H16BrNO. The quantitative estimate of drug-likeness (QED) is 0.572. The van der Waals surface area contributed by atoms with Crippen molar-refractivity contribution < 1.29 is 4.79 Å². The SMILES string of the molecule is CC(=O)Br.CCCCCN. The molecule has 0 unspecified atom stereocenters. The molecule has 0 aromatic heterocycles. The van der Waals surface area contributed by atoms with Crippen LogP contribution in [0.1, 0.15) is 33.1 Å². The van der Waals surface area contributed by atoms with Crippen molar-refractivity contribution in [1.82, 2.24) is 0 Å². The summed E-state index contributed by atoms with van der Waals surface area (Å²) in [5.74, 6) is 0. The standard InChI is InChI=1S/C5H13N.C2H3BrO/c1-2-3-4-5-6;1-2(3)4/h2-6H2,1H3;1H3. The van der Waals surface area contributed by atoms with Gasteiger partial charge in [-0.15, -0.1) is 0 Å². The highest BCUT2D eigenvalue weighted by atomic mass is 79.9. The van der Waals surface area contributed by atoms with E-state index in [1.807, 2.05) is 0 Å². The second kappa shape index (κ2) is 11.9. The topological polar surface area (TPSA) is 43.1 Å². The molecule has 0 amide bonds. The average Bonchev–Trinajstić information content (AvgIpc) is 1.82. The van der Waals surface area contributed by atoms with Gasteiger partial charge >= 0.3 is 0 Å². The Bertz CT molecular complexity index is 68.0. The molecule has 0 aromatic carbocycles. The number of hydrogen-bond donors (Lipinski definition) is 1. The number of carbonyl (C=O) groups excluding carboxylic acids is 1. The highest BCUT2D eigenvalue weighted by Crippen LogP contribution is 1.88. The molecule has 10 heavy (non-hydrogen) atoms. The maximum absolute atomic E-state index is 9.36. The van der Waals surface area contributed by atoms with E-state index in [4.69, 9.17) is 5.73 Å². The first-order valence-corrected chi connectivity index (χ1v) is 4.30. The van der Waals surface area contributed by atoms with Crippen LogP contribution in [0.15, 0.2) is 0 Å². The number of unbranched alkanes of at least 4 members (excludes halogenated alkanes) is 2. The van der Waals surface area contributed by atoms with E-state index in [2.05, 4.69) is 22.9 Å². The molecule has 0 spiro atoms. The Morgan fingerprint density at radius 1 is 1.50 bits per heavy atom. The van der Waals surface area contributed by atoms with E-state index in [9.17, 15) is 4.79 Å². The fourth-order valence-corrected chi connectivity index (χ4v) is 0.394. The van der Waals surface area contributed by atoms with Crippen LogP contribution in [-0.2, 0) is 4.79 Å². The molecule has 62 valence electrons. The summed E-state index contributed by atoms with van der Waals surface area (Å²) in [5.41, 5.74) is 5.21. The van der Waals surface area contributed by atoms with Crippen LogP contribution in [-0.4, -0.2) is 11.2 Å². The third-order valence-electron chi connectivity index (χ3n) is 0.808. The van der Waals surface area contributed by atoms with Crippen LogP contribution in [0.2, 0.25) is 0 Å². The number of rotatable bonds is 3. The second-order valence-corrected chi connectivity index (χ2v) is 3.08. The van der Waals surface area contributed by atoms with Gasteiger partial charge in [0.05, 0.1) is 0 Å². The molecule has 0 aliphatic carbocycles. The molecular weight excluding hydrogens is 194 g/mol. The lowest BCUT2D eigenvalue weighted by Gasteiger charge is -1.86. The fourth-order valence-electron chi connectivity index (χ4n) is 0.394. The number of halogens is 1. The van der Waals surface area contributed by atoms with Gasteiger partial charge in [0.1, 0.15) is 0 Å². The van der Waals surface area contributed by atoms with Crippen LogP contribution < -0.4 is 5.73 Å². The monoisotopic (exact) mass is 209 g/mol. The molecule has 0 aliphatic rings. The van der Waals surface area contributed by atoms with Gasteiger partial charge in [-0.25, -0.2) is 0 Å². The highest BCUT2D eigenvalue weighted by molar-refractivity contribution is 9.18. The third kappa shape index (κ3) is 42.4. The van der Waals surface area contributed by atoms with E-state index < -0.39 is 0 Å². The van der Waals surface area contributed by atoms with Crippen molar-refractivity contribution in [3.63, 3.8) is 0 Å². The minimum Gasteiger partial charge on any atom is -0.330 e. The molecule has 0 aliphatic heterocycles. The van der Waals surface area contributed by atoms with E-state index in [-0.39, 0.29) is 4.69 Å². The van der Waals surface area contributed by atoms with Gasteiger partial charge in [-0.2, -0.15) is 0 Å². The molecule has 0 fully saturated rings. The summed E-state index contributed by atoms with van der Waals surface area (Å²) in [7, 11) is 0. The molecule has 2 N–H and O–H groups in total. The lowest BCUT2D eigenvalue weighted by molar-refractivity contribution is -0.108. The normalized spacial score (nSPS) is 8.00. The Labute approximate surface area is 71.3 Å². The van der Waals surface area contributed by atoms with Gasteiger partial charge in [-0.1, -0.05) is 19.8 Å². The molecule has 3 heteroatoms.